The number of nitrogens with two attached hydrogens (primary N) is 1. The molecule has 3 nitrogen and oxygen atoms in total. The zero-order chi connectivity index (χ0) is 14.7. The number of rotatable bonds is 6. The van der Waals surface area contributed by atoms with Crippen LogP contribution in [0, 0.1) is 11.8 Å². The van der Waals surface area contributed by atoms with E-state index in [-0.39, 0.29) is 0 Å². The van der Waals surface area contributed by atoms with Crippen molar-refractivity contribution in [2.45, 2.75) is 45.1 Å². The lowest BCUT2D eigenvalue weighted by Gasteiger charge is -2.38. The first-order valence-electron chi connectivity index (χ1n) is 8.48. The van der Waals surface area contributed by atoms with Gasteiger partial charge in [-0.15, -0.1) is 0 Å². The van der Waals surface area contributed by atoms with Gasteiger partial charge in [0.1, 0.15) is 5.75 Å². The Morgan fingerprint density at radius 1 is 1.14 bits per heavy atom. The molecule has 1 aliphatic carbocycles. The lowest BCUT2D eigenvalue weighted by Crippen LogP contribution is -2.47. The predicted octanol–water partition coefficient (Wildman–Crippen LogP) is 3.43. The number of anilines is 1. The van der Waals surface area contributed by atoms with E-state index >= 15 is 0 Å². The van der Waals surface area contributed by atoms with Crippen LogP contribution in [0.15, 0.2) is 24.3 Å². The summed E-state index contributed by atoms with van der Waals surface area (Å²) in [5, 5.41) is 0. The van der Waals surface area contributed by atoms with E-state index in [1.54, 1.807) is 0 Å². The number of nitrogens with zero attached hydrogens (tertiary/aromatic N) is 1. The third-order valence-corrected chi connectivity index (χ3v) is 4.61. The fourth-order valence-corrected chi connectivity index (χ4v) is 3.43. The molecule has 2 fully saturated rings. The summed E-state index contributed by atoms with van der Waals surface area (Å²) < 4.78 is 5.66. The molecule has 3 rings (SSSR count). The molecular weight excluding hydrogens is 260 g/mol. The highest BCUT2D eigenvalue weighted by atomic mass is 16.5. The number of ether oxygens (including phenoxy) is 1. The second-order valence-corrected chi connectivity index (χ2v) is 6.79. The molecule has 0 bridgehead atoms. The highest BCUT2D eigenvalue weighted by Crippen LogP contribution is 2.38. The lowest BCUT2D eigenvalue weighted by atomic mass is 9.90. The SMILES string of the molecule is CCCOc1ccc(N2CC(N)CC(CC3CC3)C2)cc1. The van der Waals surface area contributed by atoms with Gasteiger partial charge in [-0.3, -0.25) is 0 Å². The van der Waals surface area contributed by atoms with Gasteiger partial charge in [-0.2, -0.15) is 0 Å². The van der Waals surface area contributed by atoms with Crippen molar-refractivity contribution < 1.29 is 4.74 Å². The van der Waals surface area contributed by atoms with Gasteiger partial charge in [0.2, 0.25) is 0 Å². The zero-order valence-corrected chi connectivity index (χ0v) is 13.1. The van der Waals surface area contributed by atoms with Crippen molar-refractivity contribution in [2.75, 3.05) is 24.6 Å². The molecule has 3 heteroatoms. The van der Waals surface area contributed by atoms with E-state index in [2.05, 4.69) is 36.1 Å². The first-order chi connectivity index (χ1) is 10.2. The van der Waals surface area contributed by atoms with E-state index in [4.69, 9.17) is 10.5 Å². The van der Waals surface area contributed by atoms with Gasteiger partial charge in [0.15, 0.2) is 0 Å². The zero-order valence-electron chi connectivity index (χ0n) is 13.1. The highest BCUT2D eigenvalue weighted by molar-refractivity contribution is 5.49. The first-order valence-corrected chi connectivity index (χ1v) is 8.48. The van der Waals surface area contributed by atoms with Gasteiger partial charge in [-0.25, -0.2) is 0 Å². The predicted molar refractivity (Wildman–Crippen MR) is 87.9 cm³/mol. The van der Waals surface area contributed by atoms with E-state index in [1.165, 1.54) is 37.9 Å². The van der Waals surface area contributed by atoms with E-state index in [0.29, 0.717) is 6.04 Å². The molecule has 1 heterocycles. The second-order valence-electron chi connectivity index (χ2n) is 6.79. The Balaban J connectivity index is 1.61. The van der Waals surface area contributed by atoms with Crippen LogP contribution in [0.5, 0.6) is 5.75 Å². The minimum absolute atomic E-state index is 0.318. The van der Waals surface area contributed by atoms with Crippen LogP contribution >= 0.6 is 0 Å². The third-order valence-electron chi connectivity index (χ3n) is 4.61. The quantitative estimate of drug-likeness (QED) is 0.871. The van der Waals surface area contributed by atoms with Gasteiger partial charge in [0.25, 0.3) is 0 Å². The van der Waals surface area contributed by atoms with Gasteiger partial charge in [-0.05, 0) is 55.4 Å². The first kappa shape index (κ1) is 14.7. The molecule has 2 aliphatic rings. The standard InChI is InChI=1S/C18H28N2O/c1-2-9-21-18-7-5-17(6-8-18)20-12-15(10-14-3-4-14)11-16(19)13-20/h5-8,14-16H,2-4,9-13,19H2,1H3. The van der Waals surface area contributed by atoms with Crippen LogP contribution in [0.3, 0.4) is 0 Å². The molecular formula is C18H28N2O. The van der Waals surface area contributed by atoms with E-state index in [9.17, 15) is 0 Å². The molecule has 1 saturated heterocycles. The normalized spacial score (nSPS) is 25.9. The molecule has 2 atom stereocenters. The van der Waals surface area contributed by atoms with Crippen molar-refractivity contribution in [1.29, 1.82) is 0 Å². The summed E-state index contributed by atoms with van der Waals surface area (Å²) in [6.45, 7) is 5.07. The molecule has 0 spiro atoms. The Kier molecular flexibility index (Phi) is 4.69. The monoisotopic (exact) mass is 288 g/mol. The maximum atomic E-state index is 6.28. The van der Waals surface area contributed by atoms with Crippen molar-refractivity contribution in [3.8, 4) is 5.75 Å². The lowest BCUT2D eigenvalue weighted by molar-refractivity contribution is 0.317. The van der Waals surface area contributed by atoms with Crippen LogP contribution in [0.1, 0.15) is 39.0 Å². The smallest absolute Gasteiger partial charge is 0.119 e. The highest BCUT2D eigenvalue weighted by Gasteiger charge is 2.31. The fourth-order valence-electron chi connectivity index (χ4n) is 3.43. The van der Waals surface area contributed by atoms with Crippen LogP contribution < -0.4 is 15.4 Å². The number of piperidine rings is 1. The van der Waals surface area contributed by atoms with Gasteiger partial charge >= 0.3 is 0 Å². The molecule has 0 aromatic heterocycles. The van der Waals surface area contributed by atoms with Crippen LogP contribution in [-0.2, 0) is 0 Å². The number of hydrogen-bond acceptors (Lipinski definition) is 3. The largest absolute Gasteiger partial charge is 0.494 e. The number of benzene rings is 1. The molecule has 0 radical (unpaired) electrons. The van der Waals surface area contributed by atoms with Gasteiger partial charge in [0, 0.05) is 24.8 Å². The molecule has 1 saturated carbocycles. The summed E-state index contributed by atoms with van der Waals surface area (Å²) in [5.74, 6) is 2.74. The molecule has 1 aliphatic heterocycles. The summed E-state index contributed by atoms with van der Waals surface area (Å²) in [6, 6.07) is 8.84. The fraction of sp³-hybridized carbons (Fsp3) is 0.667. The van der Waals surface area contributed by atoms with Crippen LogP contribution in [0.2, 0.25) is 0 Å². The minimum atomic E-state index is 0.318. The van der Waals surface area contributed by atoms with E-state index in [0.717, 1.165) is 37.2 Å². The van der Waals surface area contributed by atoms with Crippen LogP contribution in [-0.4, -0.2) is 25.7 Å². The van der Waals surface area contributed by atoms with Gasteiger partial charge < -0.3 is 15.4 Å². The van der Waals surface area contributed by atoms with Crippen molar-refractivity contribution in [3.63, 3.8) is 0 Å². The Bertz CT molecular complexity index is 439. The third kappa shape index (κ3) is 4.13. The average Bonchev–Trinajstić information content (AvgIpc) is 3.29. The van der Waals surface area contributed by atoms with Gasteiger partial charge in [-0.1, -0.05) is 19.8 Å². The molecule has 21 heavy (non-hydrogen) atoms. The second kappa shape index (κ2) is 6.69. The maximum Gasteiger partial charge on any atom is 0.119 e. The Morgan fingerprint density at radius 3 is 2.57 bits per heavy atom. The van der Waals surface area contributed by atoms with Crippen molar-refractivity contribution in [1.82, 2.24) is 0 Å². The van der Waals surface area contributed by atoms with Crippen LogP contribution in [0.25, 0.3) is 0 Å². The van der Waals surface area contributed by atoms with E-state index in [1.807, 2.05) is 0 Å². The number of hydrogen-bond donors (Lipinski definition) is 1. The molecule has 116 valence electrons. The minimum Gasteiger partial charge on any atom is -0.494 e. The summed E-state index contributed by atoms with van der Waals surface area (Å²) in [6.07, 6.45) is 6.50. The Morgan fingerprint density at radius 2 is 1.90 bits per heavy atom. The summed E-state index contributed by atoms with van der Waals surface area (Å²) in [4.78, 5) is 2.46. The van der Waals surface area contributed by atoms with Crippen LogP contribution in [0.4, 0.5) is 5.69 Å². The molecule has 0 amide bonds. The topological polar surface area (TPSA) is 38.5 Å². The summed E-state index contributed by atoms with van der Waals surface area (Å²) >= 11 is 0. The molecule has 1 aromatic carbocycles. The maximum absolute atomic E-state index is 6.28. The van der Waals surface area contributed by atoms with E-state index < -0.39 is 0 Å². The van der Waals surface area contributed by atoms with Crippen molar-refractivity contribution in [3.05, 3.63) is 24.3 Å². The Hall–Kier alpha value is -1.22. The average molecular weight is 288 g/mol. The Labute approximate surface area is 128 Å². The summed E-state index contributed by atoms with van der Waals surface area (Å²) in [7, 11) is 0. The molecule has 1 aromatic rings. The van der Waals surface area contributed by atoms with Crippen molar-refractivity contribution in [2.24, 2.45) is 17.6 Å². The van der Waals surface area contributed by atoms with Gasteiger partial charge in [0.05, 0.1) is 6.61 Å². The molecule has 2 unspecified atom stereocenters. The van der Waals surface area contributed by atoms with Crippen molar-refractivity contribution >= 4 is 5.69 Å². The molecule has 2 N–H and O–H groups in total. The summed E-state index contributed by atoms with van der Waals surface area (Å²) in [5.41, 5.74) is 7.57.